The molecule has 2 rings (SSSR count). The number of thiocarbonyl (C=S) groups is 1. The zero-order valence-corrected chi connectivity index (χ0v) is 10.5. The average Bonchev–Trinajstić information content (AvgIpc) is 2.73. The van der Waals surface area contributed by atoms with Crippen molar-refractivity contribution in [3.8, 4) is 11.4 Å². The van der Waals surface area contributed by atoms with Gasteiger partial charge in [-0.3, -0.25) is 4.99 Å². The van der Waals surface area contributed by atoms with E-state index in [2.05, 4.69) is 32.7 Å². The van der Waals surface area contributed by atoms with Crippen LogP contribution in [0.15, 0.2) is 23.2 Å². The fraction of sp³-hybridized carbons (Fsp3) is 0.100. The largest absolute Gasteiger partial charge is 0.256 e. The Hall–Kier alpha value is -1.66. The second kappa shape index (κ2) is 5.11. The van der Waals surface area contributed by atoms with Crippen molar-refractivity contribution in [2.45, 2.75) is 0 Å². The van der Waals surface area contributed by atoms with E-state index in [0.717, 1.165) is 11.3 Å². The fourth-order valence-corrected chi connectivity index (χ4v) is 1.66. The Morgan fingerprint density at radius 2 is 2.29 bits per heavy atom. The molecule has 0 bridgehead atoms. The number of aryl methyl sites for hydroxylation is 1. The van der Waals surface area contributed by atoms with Crippen molar-refractivity contribution in [2.75, 3.05) is 0 Å². The van der Waals surface area contributed by atoms with Crippen molar-refractivity contribution in [1.82, 2.24) is 20.2 Å². The first-order valence-corrected chi connectivity index (χ1v) is 5.57. The van der Waals surface area contributed by atoms with Crippen molar-refractivity contribution in [2.24, 2.45) is 12.0 Å². The summed E-state index contributed by atoms with van der Waals surface area (Å²) in [7, 11) is 1.75. The van der Waals surface area contributed by atoms with Crippen LogP contribution in [0.5, 0.6) is 0 Å². The van der Waals surface area contributed by atoms with Crippen LogP contribution in [-0.2, 0) is 7.05 Å². The maximum absolute atomic E-state index is 6.15. The molecule has 0 saturated heterocycles. The van der Waals surface area contributed by atoms with E-state index in [1.165, 1.54) is 11.6 Å². The van der Waals surface area contributed by atoms with Crippen LogP contribution >= 0.6 is 23.8 Å². The third-order valence-electron chi connectivity index (χ3n) is 2.10. The third kappa shape index (κ3) is 2.54. The van der Waals surface area contributed by atoms with Gasteiger partial charge in [-0.25, -0.2) is 4.68 Å². The van der Waals surface area contributed by atoms with Crippen LogP contribution in [0.3, 0.4) is 0 Å². The van der Waals surface area contributed by atoms with Crippen LogP contribution < -0.4 is 0 Å². The summed E-state index contributed by atoms with van der Waals surface area (Å²) in [5.74, 6) is 0.611. The van der Waals surface area contributed by atoms with Crippen LogP contribution in [0.25, 0.3) is 11.4 Å². The predicted octanol–water partition coefficient (Wildman–Crippen LogP) is 2.23. The van der Waals surface area contributed by atoms with E-state index in [9.17, 15) is 0 Å². The lowest BCUT2D eigenvalue weighted by molar-refractivity contribution is 0.715. The first-order valence-electron chi connectivity index (χ1n) is 4.72. The minimum absolute atomic E-state index is 0.543. The smallest absolute Gasteiger partial charge is 0.183 e. The number of benzene rings is 1. The van der Waals surface area contributed by atoms with Crippen LogP contribution in [0.2, 0.25) is 5.02 Å². The second-order valence-corrected chi connectivity index (χ2v) is 3.88. The highest BCUT2D eigenvalue weighted by Gasteiger charge is 2.10. The zero-order chi connectivity index (χ0) is 12.3. The Bertz CT molecular complexity index is 578. The molecule has 1 aromatic carbocycles. The van der Waals surface area contributed by atoms with Crippen LogP contribution in [0, 0.1) is 0 Å². The molecular formula is C10H8ClN5S. The summed E-state index contributed by atoms with van der Waals surface area (Å²) in [6, 6.07) is 5.39. The van der Waals surface area contributed by atoms with E-state index in [1.54, 1.807) is 17.8 Å². The van der Waals surface area contributed by atoms with Crippen molar-refractivity contribution >= 4 is 41.1 Å². The lowest BCUT2D eigenvalue weighted by Crippen LogP contribution is -1.94. The summed E-state index contributed by atoms with van der Waals surface area (Å²) in [6.07, 6.45) is 1.53. The molecule has 0 aliphatic carbocycles. The molecule has 2 aromatic rings. The van der Waals surface area contributed by atoms with E-state index in [4.69, 9.17) is 11.6 Å². The zero-order valence-electron chi connectivity index (χ0n) is 8.91. The van der Waals surface area contributed by atoms with Crippen molar-refractivity contribution in [3.63, 3.8) is 0 Å². The maximum Gasteiger partial charge on any atom is 0.183 e. The van der Waals surface area contributed by atoms with Gasteiger partial charge in [0.15, 0.2) is 5.82 Å². The van der Waals surface area contributed by atoms with E-state index in [-0.39, 0.29) is 0 Å². The number of aliphatic imine (C=N–C) groups is 1. The molecule has 86 valence electrons. The van der Waals surface area contributed by atoms with Gasteiger partial charge < -0.3 is 0 Å². The maximum atomic E-state index is 6.15. The molecule has 17 heavy (non-hydrogen) atoms. The van der Waals surface area contributed by atoms with Gasteiger partial charge in [0.1, 0.15) is 0 Å². The van der Waals surface area contributed by atoms with E-state index in [1.807, 2.05) is 12.1 Å². The molecule has 7 heteroatoms. The summed E-state index contributed by atoms with van der Waals surface area (Å²) < 4.78 is 1.56. The minimum atomic E-state index is 0.543. The summed E-state index contributed by atoms with van der Waals surface area (Å²) in [6.45, 7) is 0. The average molecular weight is 266 g/mol. The first kappa shape index (κ1) is 11.8. The molecule has 0 aliphatic heterocycles. The third-order valence-corrected chi connectivity index (χ3v) is 2.53. The standard InChI is InChI=1S/C10H8ClN5S/c1-16-10(13-14-15-16)8-3-2-7(6-9(8)11)12-4-5-17/h2-6H,1H3. The van der Waals surface area contributed by atoms with E-state index < -0.39 is 0 Å². The summed E-state index contributed by atoms with van der Waals surface area (Å²) in [5.41, 5.74) is 1.50. The van der Waals surface area contributed by atoms with Crippen molar-refractivity contribution in [3.05, 3.63) is 23.2 Å². The molecule has 0 fully saturated rings. The van der Waals surface area contributed by atoms with Crippen molar-refractivity contribution < 1.29 is 0 Å². The Labute approximate surface area is 108 Å². The van der Waals surface area contributed by atoms with E-state index in [0.29, 0.717) is 10.8 Å². The van der Waals surface area contributed by atoms with Gasteiger partial charge in [-0.1, -0.05) is 23.8 Å². The van der Waals surface area contributed by atoms with Gasteiger partial charge in [-0.05, 0) is 28.6 Å². The highest BCUT2D eigenvalue weighted by molar-refractivity contribution is 7.80. The number of tetrazole rings is 1. The summed E-state index contributed by atoms with van der Waals surface area (Å²) in [4.78, 5) is 4.10. The SMILES string of the molecule is Cn1nnnc1-c1ccc(N=CC=S)cc1Cl. The molecule has 0 amide bonds. The second-order valence-electron chi connectivity index (χ2n) is 3.20. The topological polar surface area (TPSA) is 56.0 Å². The van der Waals surface area contributed by atoms with Crippen LogP contribution in [-0.4, -0.2) is 31.8 Å². The minimum Gasteiger partial charge on any atom is -0.256 e. The molecule has 0 spiro atoms. The molecule has 0 unspecified atom stereocenters. The lowest BCUT2D eigenvalue weighted by Gasteiger charge is -2.02. The molecule has 0 atom stereocenters. The van der Waals surface area contributed by atoms with Gasteiger partial charge >= 0.3 is 0 Å². The Balaban J connectivity index is 2.42. The van der Waals surface area contributed by atoms with E-state index >= 15 is 0 Å². The highest BCUT2D eigenvalue weighted by Crippen LogP contribution is 2.29. The van der Waals surface area contributed by atoms with Crippen LogP contribution in [0.4, 0.5) is 5.69 Å². The highest BCUT2D eigenvalue weighted by atomic mass is 35.5. The first-order chi connectivity index (χ1) is 8.22. The summed E-state index contributed by atoms with van der Waals surface area (Å²) >= 11 is 10.8. The predicted molar refractivity (Wildman–Crippen MR) is 71.1 cm³/mol. The van der Waals surface area contributed by atoms with Crippen molar-refractivity contribution in [1.29, 1.82) is 0 Å². The van der Waals surface area contributed by atoms with Gasteiger partial charge in [0.05, 0.1) is 10.7 Å². The van der Waals surface area contributed by atoms with Crippen LogP contribution in [0.1, 0.15) is 0 Å². The van der Waals surface area contributed by atoms with Gasteiger partial charge in [0.2, 0.25) is 0 Å². The number of rotatable bonds is 3. The van der Waals surface area contributed by atoms with Gasteiger partial charge in [0, 0.05) is 24.2 Å². The molecule has 0 N–H and O–H groups in total. The molecule has 0 radical (unpaired) electrons. The molecule has 1 heterocycles. The summed E-state index contributed by atoms with van der Waals surface area (Å²) in [5, 5.41) is 13.2. The molecule has 0 aliphatic rings. The van der Waals surface area contributed by atoms with Gasteiger partial charge in [-0.2, -0.15) is 0 Å². The number of hydrogen-bond acceptors (Lipinski definition) is 5. The Morgan fingerprint density at radius 1 is 1.47 bits per heavy atom. The monoisotopic (exact) mass is 265 g/mol. The normalized spacial score (nSPS) is 10.9. The lowest BCUT2D eigenvalue weighted by atomic mass is 10.2. The molecule has 5 nitrogen and oxygen atoms in total. The number of hydrogen-bond donors (Lipinski definition) is 0. The molecular weight excluding hydrogens is 258 g/mol. The van der Waals surface area contributed by atoms with Gasteiger partial charge in [-0.15, -0.1) is 5.10 Å². The molecule has 1 aromatic heterocycles. The number of aromatic nitrogens is 4. The number of nitrogens with zero attached hydrogens (tertiary/aromatic N) is 5. The molecule has 0 saturated carbocycles. The van der Waals surface area contributed by atoms with Gasteiger partial charge in [0.25, 0.3) is 0 Å². The quantitative estimate of drug-likeness (QED) is 0.631. The Morgan fingerprint density at radius 3 is 2.88 bits per heavy atom. The fourth-order valence-electron chi connectivity index (χ4n) is 1.34. The number of halogens is 1. The Kier molecular flexibility index (Phi) is 3.55.